The predicted molar refractivity (Wildman–Crippen MR) is 94.7 cm³/mol. The van der Waals surface area contributed by atoms with Crippen LogP contribution in [0.3, 0.4) is 0 Å². The van der Waals surface area contributed by atoms with E-state index in [0.717, 1.165) is 0 Å². The molecular weight excluding hydrogens is 364 g/mol. The van der Waals surface area contributed by atoms with Crippen molar-refractivity contribution in [2.75, 3.05) is 5.32 Å². The van der Waals surface area contributed by atoms with Crippen LogP contribution in [-0.2, 0) is 15.0 Å². The number of rotatable bonds is 1. The molecule has 0 bridgehead atoms. The van der Waals surface area contributed by atoms with Gasteiger partial charge in [-0.3, -0.25) is 9.59 Å². The third-order valence-electron chi connectivity index (χ3n) is 4.90. The van der Waals surface area contributed by atoms with Crippen LogP contribution in [0.1, 0.15) is 23.5 Å². The number of nitrogens with one attached hydrogen (secondary N) is 1. The van der Waals surface area contributed by atoms with Crippen molar-refractivity contribution in [2.24, 2.45) is 0 Å². The summed E-state index contributed by atoms with van der Waals surface area (Å²) in [6.07, 6.45) is 2.98. The number of amides is 1. The fourth-order valence-corrected chi connectivity index (χ4v) is 4.11. The summed E-state index contributed by atoms with van der Waals surface area (Å²) in [7, 11) is 0. The number of carbonyl (C=O) groups is 2. The summed E-state index contributed by atoms with van der Waals surface area (Å²) in [4.78, 5) is 25.0. The second-order valence-electron chi connectivity index (χ2n) is 6.21. The number of ketones is 1. The lowest BCUT2D eigenvalue weighted by molar-refractivity contribution is -0.121. The average Bonchev–Trinajstić information content (AvgIpc) is 2.84. The van der Waals surface area contributed by atoms with E-state index in [1.807, 2.05) is 0 Å². The van der Waals surface area contributed by atoms with E-state index >= 15 is 0 Å². The Morgan fingerprint density at radius 1 is 1.16 bits per heavy atom. The summed E-state index contributed by atoms with van der Waals surface area (Å²) >= 11 is 11.9. The molecule has 2 aromatic rings. The number of anilines is 1. The third kappa shape index (κ3) is 2.32. The van der Waals surface area contributed by atoms with Gasteiger partial charge in [0.1, 0.15) is 11.2 Å². The molecule has 0 saturated carbocycles. The highest BCUT2D eigenvalue weighted by Gasteiger charge is 2.53. The van der Waals surface area contributed by atoms with E-state index in [2.05, 4.69) is 5.32 Å². The van der Waals surface area contributed by atoms with Crippen LogP contribution in [-0.4, -0.2) is 11.7 Å². The van der Waals surface area contributed by atoms with Crippen molar-refractivity contribution in [2.45, 2.75) is 17.8 Å². The molecular formula is C19H12Cl2FNO2. The van der Waals surface area contributed by atoms with Crippen LogP contribution in [0, 0.1) is 5.82 Å². The number of hydrogen-bond donors (Lipinski definition) is 1. The number of halogens is 3. The molecule has 3 nitrogen and oxygen atoms in total. The molecule has 2 aliphatic rings. The summed E-state index contributed by atoms with van der Waals surface area (Å²) in [5, 5.41) is 3.25. The Kier molecular flexibility index (Phi) is 3.71. The molecule has 25 heavy (non-hydrogen) atoms. The van der Waals surface area contributed by atoms with E-state index in [-0.39, 0.29) is 28.7 Å². The quantitative estimate of drug-likeness (QED) is 0.789. The first-order valence-electron chi connectivity index (χ1n) is 7.71. The van der Waals surface area contributed by atoms with Crippen molar-refractivity contribution in [1.29, 1.82) is 0 Å². The molecule has 1 aliphatic carbocycles. The SMILES string of the molecule is O=C1C=C[C@@]2(C(=O)Nc3cc(Cl)ccc32)[C@@H](c2cccc(Cl)c2F)C1. The van der Waals surface area contributed by atoms with Gasteiger partial charge in [-0.25, -0.2) is 4.39 Å². The van der Waals surface area contributed by atoms with Gasteiger partial charge in [0.15, 0.2) is 5.78 Å². The number of carbonyl (C=O) groups excluding carboxylic acids is 2. The summed E-state index contributed by atoms with van der Waals surface area (Å²) in [6, 6.07) is 9.70. The smallest absolute Gasteiger partial charge is 0.239 e. The number of benzene rings is 2. The Morgan fingerprint density at radius 3 is 2.76 bits per heavy atom. The van der Waals surface area contributed by atoms with Crippen LogP contribution >= 0.6 is 23.2 Å². The average molecular weight is 376 g/mol. The largest absolute Gasteiger partial charge is 0.325 e. The lowest BCUT2D eigenvalue weighted by Crippen LogP contribution is -2.42. The van der Waals surface area contributed by atoms with Crippen LogP contribution in [0.2, 0.25) is 10.0 Å². The zero-order valence-electron chi connectivity index (χ0n) is 12.9. The maximum Gasteiger partial charge on any atom is 0.239 e. The summed E-state index contributed by atoms with van der Waals surface area (Å²) in [6.45, 7) is 0. The maximum absolute atomic E-state index is 14.7. The molecule has 1 aliphatic heterocycles. The molecule has 6 heteroatoms. The summed E-state index contributed by atoms with van der Waals surface area (Å²) in [5.74, 6) is -1.76. The first-order valence-corrected chi connectivity index (χ1v) is 8.46. The van der Waals surface area contributed by atoms with Gasteiger partial charge >= 0.3 is 0 Å². The normalized spacial score (nSPS) is 24.5. The predicted octanol–water partition coefficient (Wildman–Crippen LogP) is 4.64. The van der Waals surface area contributed by atoms with Crippen LogP contribution in [0.25, 0.3) is 0 Å². The number of allylic oxidation sites excluding steroid dienone is 1. The monoisotopic (exact) mass is 375 g/mol. The Bertz CT molecular complexity index is 956. The Hall–Kier alpha value is -2.17. The van der Waals surface area contributed by atoms with E-state index in [1.165, 1.54) is 12.1 Å². The van der Waals surface area contributed by atoms with Gasteiger partial charge in [-0.05, 0) is 35.4 Å². The molecule has 1 N–H and O–H groups in total. The molecule has 0 saturated heterocycles. The van der Waals surface area contributed by atoms with Crippen molar-refractivity contribution < 1.29 is 14.0 Å². The van der Waals surface area contributed by atoms with E-state index in [9.17, 15) is 14.0 Å². The van der Waals surface area contributed by atoms with Gasteiger partial charge in [-0.15, -0.1) is 0 Å². The molecule has 4 rings (SSSR count). The van der Waals surface area contributed by atoms with Crippen LogP contribution in [0.15, 0.2) is 48.6 Å². The van der Waals surface area contributed by atoms with Crippen molar-refractivity contribution in [3.8, 4) is 0 Å². The molecule has 1 amide bonds. The minimum atomic E-state index is -1.17. The van der Waals surface area contributed by atoms with E-state index in [4.69, 9.17) is 23.2 Å². The molecule has 2 aromatic carbocycles. The second-order valence-corrected chi connectivity index (χ2v) is 7.06. The van der Waals surface area contributed by atoms with Gasteiger partial charge in [-0.1, -0.05) is 47.5 Å². The number of hydrogen-bond acceptors (Lipinski definition) is 2. The topological polar surface area (TPSA) is 46.2 Å². The molecule has 0 unspecified atom stereocenters. The highest BCUT2D eigenvalue weighted by molar-refractivity contribution is 6.31. The minimum Gasteiger partial charge on any atom is -0.325 e. The van der Waals surface area contributed by atoms with Gasteiger partial charge in [0.25, 0.3) is 0 Å². The standard InChI is InChI=1S/C19H12Cl2FNO2/c20-10-4-5-13-16(8-10)23-18(25)19(13)7-6-11(24)9-14(19)12-2-1-3-15(21)17(12)22/h1-8,14H,9H2,(H,23,25)/t14-,19+/m1/s1. The highest BCUT2D eigenvalue weighted by Crippen LogP contribution is 2.52. The lowest BCUT2D eigenvalue weighted by Gasteiger charge is -2.36. The summed E-state index contributed by atoms with van der Waals surface area (Å²) in [5.41, 5.74) is 0.335. The lowest BCUT2D eigenvalue weighted by atomic mass is 9.64. The molecule has 0 aromatic heterocycles. The molecule has 1 spiro atoms. The highest BCUT2D eigenvalue weighted by atomic mass is 35.5. The minimum absolute atomic E-state index is 0.0171. The molecule has 2 atom stereocenters. The van der Waals surface area contributed by atoms with Crippen molar-refractivity contribution in [3.05, 3.63) is 75.5 Å². The molecule has 0 fully saturated rings. The second kappa shape index (κ2) is 5.68. The van der Waals surface area contributed by atoms with Crippen molar-refractivity contribution in [3.63, 3.8) is 0 Å². The first kappa shape index (κ1) is 16.3. The number of fused-ring (bicyclic) bond motifs is 2. The van der Waals surface area contributed by atoms with Crippen molar-refractivity contribution in [1.82, 2.24) is 0 Å². The Morgan fingerprint density at radius 2 is 1.96 bits per heavy atom. The molecule has 1 heterocycles. The maximum atomic E-state index is 14.7. The fourth-order valence-electron chi connectivity index (χ4n) is 3.76. The van der Waals surface area contributed by atoms with E-state index in [1.54, 1.807) is 36.4 Å². The fraction of sp³-hybridized carbons (Fsp3) is 0.158. The van der Waals surface area contributed by atoms with E-state index < -0.39 is 17.2 Å². The third-order valence-corrected chi connectivity index (χ3v) is 5.42. The van der Waals surface area contributed by atoms with Gasteiger partial charge in [-0.2, -0.15) is 0 Å². The van der Waals surface area contributed by atoms with Crippen LogP contribution < -0.4 is 5.32 Å². The van der Waals surface area contributed by atoms with Gasteiger partial charge in [0, 0.05) is 23.0 Å². The Balaban J connectivity index is 1.98. The van der Waals surface area contributed by atoms with Crippen molar-refractivity contribution >= 4 is 40.6 Å². The van der Waals surface area contributed by atoms with Gasteiger partial charge in [0.2, 0.25) is 5.91 Å². The Labute approximate surface area is 153 Å². The van der Waals surface area contributed by atoms with Gasteiger partial charge in [0.05, 0.1) is 5.02 Å². The zero-order valence-corrected chi connectivity index (χ0v) is 14.4. The van der Waals surface area contributed by atoms with E-state index in [0.29, 0.717) is 16.3 Å². The zero-order chi connectivity index (χ0) is 17.8. The molecule has 126 valence electrons. The van der Waals surface area contributed by atoms with Gasteiger partial charge < -0.3 is 5.32 Å². The van der Waals surface area contributed by atoms with Crippen LogP contribution in [0.5, 0.6) is 0 Å². The molecule has 0 radical (unpaired) electrons. The first-order chi connectivity index (χ1) is 11.9. The summed E-state index contributed by atoms with van der Waals surface area (Å²) < 4.78 is 14.7. The van der Waals surface area contributed by atoms with Crippen LogP contribution in [0.4, 0.5) is 10.1 Å².